The second kappa shape index (κ2) is 4.36. The Morgan fingerprint density at radius 2 is 2.00 bits per heavy atom. The van der Waals surface area contributed by atoms with Gasteiger partial charge in [0, 0.05) is 25.0 Å². The lowest BCUT2D eigenvalue weighted by Gasteiger charge is -2.22. The second-order valence-electron chi connectivity index (χ2n) is 4.32. The Bertz CT molecular complexity index is 305. The third-order valence-electron chi connectivity index (χ3n) is 2.33. The summed E-state index contributed by atoms with van der Waals surface area (Å²) in [6.45, 7) is 7.56. The van der Waals surface area contributed by atoms with E-state index in [-0.39, 0.29) is 0 Å². The van der Waals surface area contributed by atoms with Gasteiger partial charge in [-0.2, -0.15) is 0 Å². The van der Waals surface area contributed by atoms with Gasteiger partial charge in [-0.3, -0.25) is 0 Å². The summed E-state index contributed by atoms with van der Waals surface area (Å²) in [5, 5.41) is 0. The van der Waals surface area contributed by atoms with Crippen LogP contribution < -0.4 is 10.6 Å². The summed E-state index contributed by atoms with van der Waals surface area (Å²) in [6.07, 6.45) is 0. The molecule has 0 saturated carbocycles. The van der Waals surface area contributed by atoms with E-state index in [1.165, 1.54) is 5.69 Å². The minimum atomic E-state index is 0.679. The molecule has 1 aromatic carbocycles. The van der Waals surface area contributed by atoms with Crippen molar-refractivity contribution in [3.05, 3.63) is 23.8 Å². The number of anilines is 2. The molecule has 0 saturated heterocycles. The first-order valence-corrected chi connectivity index (χ1v) is 5.08. The van der Waals surface area contributed by atoms with E-state index in [2.05, 4.69) is 37.9 Å². The number of nitrogens with two attached hydrogens (primary N) is 1. The molecule has 0 atom stereocenters. The molecule has 0 unspecified atom stereocenters. The Morgan fingerprint density at radius 3 is 2.50 bits per heavy atom. The van der Waals surface area contributed by atoms with Crippen LogP contribution in [0, 0.1) is 12.8 Å². The highest BCUT2D eigenvalue weighted by Gasteiger charge is 2.04. The first-order chi connectivity index (χ1) is 6.50. The van der Waals surface area contributed by atoms with Crippen LogP contribution in [0.25, 0.3) is 0 Å². The lowest BCUT2D eigenvalue weighted by molar-refractivity contribution is 0.638. The quantitative estimate of drug-likeness (QED) is 0.746. The van der Waals surface area contributed by atoms with E-state index in [1.807, 2.05) is 13.0 Å². The molecule has 1 aromatic rings. The number of aryl methyl sites for hydroxylation is 1. The zero-order valence-corrected chi connectivity index (χ0v) is 9.54. The predicted molar refractivity (Wildman–Crippen MR) is 63.7 cm³/mol. The summed E-state index contributed by atoms with van der Waals surface area (Å²) in [6, 6.07) is 6.18. The average molecular weight is 192 g/mol. The van der Waals surface area contributed by atoms with Crippen molar-refractivity contribution in [1.82, 2.24) is 0 Å². The number of hydrogen-bond acceptors (Lipinski definition) is 2. The molecule has 2 nitrogen and oxygen atoms in total. The van der Waals surface area contributed by atoms with Crippen LogP contribution in [-0.4, -0.2) is 13.6 Å². The molecule has 0 aliphatic rings. The smallest absolute Gasteiger partial charge is 0.0367 e. The normalized spacial score (nSPS) is 10.6. The van der Waals surface area contributed by atoms with Crippen molar-refractivity contribution in [3.8, 4) is 0 Å². The Morgan fingerprint density at radius 1 is 1.36 bits per heavy atom. The molecule has 1 rings (SSSR count). The fraction of sp³-hybridized carbons (Fsp3) is 0.500. The predicted octanol–water partition coefficient (Wildman–Crippen LogP) is 2.67. The third kappa shape index (κ3) is 2.66. The molecule has 0 aliphatic carbocycles. The summed E-state index contributed by atoms with van der Waals surface area (Å²) in [4.78, 5) is 2.26. The Balaban J connectivity index is 2.80. The zero-order chi connectivity index (χ0) is 10.7. The molecule has 2 heteroatoms. The van der Waals surface area contributed by atoms with Gasteiger partial charge in [0.05, 0.1) is 0 Å². The molecule has 78 valence electrons. The minimum Gasteiger partial charge on any atom is -0.399 e. The highest BCUT2D eigenvalue weighted by Crippen LogP contribution is 2.20. The Kier molecular flexibility index (Phi) is 3.39. The number of rotatable bonds is 3. The molecule has 0 spiro atoms. The van der Waals surface area contributed by atoms with Crippen molar-refractivity contribution >= 4 is 11.4 Å². The topological polar surface area (TPSA) is 29.3 Å². The van der Waals surface area contributed by atoms with Gasteiger partial charge in [0.25, 0.3) is 0 Å². The van der Waals surface area contributed by atoms with Gasteiger partial charge in [0.1, 0.15) is 0 Å². The minimum absolute atomic E-state index is 0.679. The summed E-state index contributed by atoms with van der Waals surface area (Å²) < 4.78 is 0. The van der Waals surface area contributed by atoms with Crippen molar-refractivity contribution in [2.24, 2.45) is 5.92 Å². The second-order valence-corrected chi connectivity index (χ2v) is 4.32. The van der Waals surface area contributed by atoms with Gasteiger partial charge in [-0.15, -0.1) is 0 Å². The molecule has 0 bridgehead atoms. The van der Waals surface area contributed by atoms with Crippen LogP contribution in [0.2, 0.25) is 0 Å². The number of benzene rings is 1. The maximum absolute atomic E-state index is 5.77. The SMILES string of the molecule is Cc1cc(N(C)CC(C)C)ccc1N. The fourth-order valence-corrected chi connectivity index (χ4v) is 1.55. The van der Waals surface area contributed by atoms with E-state index in [0.29, 0.717) is 5.92 Å². The van der Waals surface area contributed by atoms with Crippen molar-refractivity contribution in [2.75, 3.05) is 24.2 Å². The molecule has 0 aliphatic heterocycles. The maximum Gasteiger partial charge on any atom is 0.0367 e. The maximum atomic E-state index is 5.77. The standard InChI is InChI=1S/C12H20N2/c1-9(2)8-14(4)11-5-6-12(13)10(3)7-11/h5-7,9H,8,13H2,1-4H3. The van der Waals surface area contributed by atoms with E-state index < -0.39 is 0 Å². The van der Waals surface area contributed by atoms with Crippen LogP contribution in [0.4, 0.5) is 11.4 Å². The molecule has 0 amide bonds. The van der Waals surface area contributed by atoms with Crippen molar-refractivity contribution in [1.29, 1.82) is 0 Å². The Hall–Kier alpha value is -1.18. The van der Waals surface area contributed by atoms with E-state index in [0.717, 1.165) is 17.8 Å². The van der Waals surface area contributed by atoms with Gasteiger partial charge < -0.3 is 10.6 Å². The number of nitrogens with zero attached hydrogens (tertiary/aromatic N) is 1. The van der Waals surface area contributed by atoms with Crippen molar-refractivity contribution in [2.45, 2.75) is 20.8 Å². The van der Waals surface area contributed by atoms with Crippen LogP contribution in [0.5, 0.6) is 0 Å². The van der Waals surface area contributed by atoms with Crippen LogP contribution in [0.1, 0.15) is 19.4 Å². The van der Waals surface area contributed by atoms with Crippen LogP contribution >= 0.6 is 0 Å². The molecule has 0 fully saturated rings. The Labute approximate surface area is 86.7 Å². The van der Waals surface area contributed by atoms with E-state index in [1.54, 1.807) is 0 Å². The highest BCUT2D eigenvalue weighted by molar-refractivity contribution is 5.57. The van der Waals surface area contributed by atoms with Gasteiger partial charge in [-0.05, 0) is 36.6 Å². The van der Waals surface area contributed by atoms with Crippen LogP contribution in [-0.2, 0) is 0 Å². The summed E-state index contributed by atoms with van der Waals surface area (Å²) >= 11 is 0. The summed E-state index contributed by atoms with van der Waals surface area (Å²) in [5.74, 6) is 0.679. The van der Waals surface area contributed by atoms with Crippen molar-refractivity contribution in [3.63, 3.8) is 0 Å². The van der Waals surface area contributed by atoms with Gasteiger partial charge in [0.2, 0.25) is 0 Å². The molecular formula is C12H20N2. The van der Waals surface area contributed by atoms with E-state index >= 15 is 0 Å². The molecule has 14 heavy (non-hydrogen) atoms. The van der Waals surface area contributed by atoms with Gasteiger partial charge in [-0.25, -0.2) is 0 Å². The number of nitrogen functional groups attached to an aromatic ring is 1. The van der Waals surface area contributed by atoms with Crippen LogP contribution in [0.3, 0.4) is 0 Å². The van der Waals surface area contributed by atoms with Gasteiger partial charge in [0.15, 0.2) is 0 Å². The van der Waals surface area contributed by atoms with Crippen LogP contribution in [0.15, 0.2) is 18.2 Å². The fourth-order valence-electron chi connectivity index (χ4n) is 1.55. The van der Waals surface area contributed by atoms with Crippen molar-refractivity contribution < 1.29 is 0 Å². The average Bonchev–Trinajstić information content (AvgIpc) is 2.08. The molecular weight excluding hydrogens is 172 g/mol. The highest BCUT2D eigenvalue weighted by atomic mass is 15.1. The zero-order valence-electron chi connectivity index (χ0n) is 9.54. The first kappa shape index (κ1) is 10.9. The molecule has 2 N–H and O–H groups in total. The lowest BCUT2D eigenvalue weighted by atomic mass is 10.1. The largest absolute Gasteiger partial charge is 0.399 e. The van der Waals surface area contributed by atoms with Gasteiger partial charge in [-0.1, -0.05) is 13.8 Å². The van der Waals surface area contributed by atoms with Gasteiger partial charge >= 0.3 is 0 Å². The monoisotopic (exact) mass is 192 g/mol. The number of hydrogen-bond donors (Lipinski definition) is 1. The van der Waals surface area contributed by atoms with E-state index in [9.17, 15) is 0 Å². The van der Waals surface area contributed by atoms with E-state index in [4.69, 9.17) is 5.73 Å². The molecule has 0 heterocycles. The first-order valence-electron chi connectivity index (χ1n) is 5.08. The molecule has 0 radical (unpaired) electrons. The molecule has 0 aromatic heterocycles. The lowest BCUT2D eigenvalue weighted by Crippen LogP contribution is -2.22. The summed E-state index contributed by atoms with van der Waals surface area (Å²) in [5.41, 5.74) is 9.03. The third-order valence-corrected chi connectivity index (χ3v) is 2.33. The summed E-state index contributed by atoms with van der Waals surface area (Å²) in [7, 11) is 2.12.